The minimum Gasteiger partial charge on any atom is -0.462 e. The lowest BCUT2D eigenvalue weighted by Gasteiger charge is -2.37. The summed E-state index contributed by atoms with van der Waals surface area (Å²) in [5.74, 6) is -0.192. The number of amides is 2. The first-order valence-corrected chi connectivity index (χ1v) is 10.5. The molecule has 0 unspecified atom stereocenters. The van der Waals surface area contributed by atoms with E-state index >= 15 is 0 Å². The molecular weight excluding hydrogens is 396 g/mol. The van der Waals surface area contributed by atoms with E-state index in [-0.39, 0.29) is 35.5 Å². The van der Waals surface area contributed by atoms with Crippen LogP contribution >= 0.6 is 0 Å². The molecule has 3 aliphatic carbocycles. The van der Waals surface area contributed by atoms with E-state index in [0.717, 1.165) is 17.9 Å². The number of fused-ring (bicyclic) bond motifs is 1. The van der Waals surface area contributed by atoms with Crippen LogP contribution < -0.4 is 0 Å². The summed E-state index contributed by atoms with van der Waals surface area (Å²) in [5, 5.41) is 5.18. The van der Waals surface area contributed by atoms with E-state index in [2.05, 4.69) is 17.3 Å². The molecule has 0 radical (unpaired) electrons. The number of carbonyl (C=O) groups is 3. The fourth-order valence-corrected chi connectivity index (χ4v) is 4.88. The number of carbonyl (C=O) groups excluding carboxylic acids is 3. The Bertz CT molecular complexity index is 1080. The number of benzene rings is 1. The van der Waals surface area contributed by atoms with Gasteiger partial charge in [0.2, 0.25) is 0 Å². The van der Waals surface area contributed by atoms with E-state index in [9.17, 15) is 14.4 Å². The lowest BCUT2D eigenvalue weighted by atomic mass is 9.63. The molecule has 1 saturated heterocycles. The molecule has 6 rings (SSSR count). The van der Waals surface area contributed by atoms with Crippen molar-refractivity contribution < 1.29 is 23.5 Å². The molecule has 2 aromatic rings. The number of esters is 1. The molecule has 7 nitrogen and oxygen atoms in total. The molecule has 2 bridgehead atoms. The summed E-state index contributed by atoms with van der Waals surface area (Å²) in [6, 6.07) is 10.4. The first-order valence-electron chi connectivity index (χ1n) is 10.5. The van der Waals surface area contributed by atoms with Gasteiger partial charge in [-0.1, -0.05) is 24.3 Å². The molecule has 1 saturated carbocycles. The highest BCUT2D eigenvalue weighted by Gasteiger charge is 2.56. The molecule has 0 N–H and O–H groups in total. The SMILES string of the molecule is CCOC(=O)c1cccc(-c2ccc(/C=N\N3C(=O)[C@@H]4[C@@H](C3=O)[C@@H]3C=C[C@@H]4CC3)o2)c1. The second kappa shape index (κ2) is 7.65. The lowest BCUT2D eigenvalue weighted by molar-refractivity contribution is -0.140. The molecule has 7 heteroatoms. The summed E-state index contributed by atoms with van der Waals surface area (Å²) in [6.07, 6.45) is 7.45. The fourth-order valence-electron chi connectivity index (χ4n) is 4.88. The van der Waals surface area contributed by atoms with Gasteiger partial charge in [-0.2, -0.15) is 10.1 Å². The van der Waals surface area contributed by atoms with Crippen LogP contribution in [-0.4, -0.2) is 35.6 Å². The Labute approximate surface area is 179 Å². The third-order valence-corrected chi connectivity index (χ3v) is 6.32. The number of nitrogens with zero attached hydrogens (tertiary/aromatic N) is 2. The summed E-state index contributed by atoms with van der Waals surface area (Å²) in [4.78, 5) is 37.6. The first kappa shape index (κ1) is 19.5. The number of rotatable bonds is 5. The zero-order valence-corrected chi connectivity index (χ0v) is 17.1. The monoisotopic (exact) mass is 418 g/mol. The van der Waals surface area contributed by atoms with Crippen molar-refractivity contribution in [2.75, 3.05) is 6.61 Å². The molecular formula is C24H22N2O5. The number of furan rings is 1. The van der Waals surface area contributed by atoms with Gasteiger partial charge in [-0.05, 0) is 55.9 Å². The Morgan fingerprint density at radius 1 is 1.13 bits per heavy atom. The summed E-state index contributed by atoms with van der Waals surface area (Å²) in [7, 11) is 0. The Balaban J connectivity index is 1.34. The van der Waals surface area contributed by atoms with Crippen LogP contribution in [0.15, 0.2) is 58.1 Å². The average molecular weight is 418 g/mol. The van der Waals surface area contributed by atoms with Crippen LogP contribution in [0.4, 0.5) is 0 Å². The summed E-state index contributed by atoms with van der Waals surface area (Å²) >= 11 is 0. The summed E-state index contributed by atoms with van der Waals surface area (Å²) < 4.78 is 10.8. The molecule has 4 atom stereocenters. The van der Waals surface area contributed by atoms with Gasteiger partial charge >= 0.3 is 5.97 Å². The van der Waals surface area contributed by atoms with E-state index in [1.165, 1.54) is 6.21 Å². The minimum absolute atomic E-state index is 0.133. The van der Waals surface area contributed by atoms with Crippen molar-refractivity contribution >= 4 is 24.0 Å². The Kier molecular flexibility index (Phi) is 4.81. The third-order valence-electron chi connectivity index (χ3n) is 6.32. The quantitative estimate of drug-likeness (QED) is 0.320. The van der Waals surface area contributed by atoms with E-state index < -0.39 is 5.97 Å². The Morgan fingerprint density at radius 3 is 2.48 bits per heavy atom. The maximum atomic E-state index is 12.8. The zero-order valence-electron chi connectivity index (χ0n) is 17.1. The van der Waals surface area contributed by atoms with Crippen molar-refractivity contribution in [3.8, 4) is 11.3 Å². The van der Waals surface area contributed by atoms with Gasteiger partial charge in [0, 0.05) is 5.56 Å². The molecule has 1 aliphatic heterocycles. The molecule has 31 heavy (non-hydrogen) atoms. The van der Waals surface area contributed by atoms with Crippen LogP contribution in [0.5, 0.6) is 0 Å². The van der Waals surface area contributed by atoms with Crippen molar-refractivity contribution in [2.24, 2.45) is 28.8 Å². The molecule has 2 amide bonds. The van der Waals surface area contributed by atoms with E-state index in [1.54, 1.807) is 37.3 Å². The standard InChI is InChI=1S/C24H22N2O5/c1-2-30-24(29)17-5-3-4-16(12-17)19-11-10-18(31-19)13-25-26-22(27)20-14-6-7-15(9-8-14)21(20)23(26)28/h3-7,10-15,20-21H,2,8-9H2,1H3/b25-13-/t14-,15-,20+,21+/m1/s1. The highest BCUT2D eigenvalue weighted by molar-refractivity contribution is 6.06. The van der Waals surface area contributed by atoms with E-state index in [0.29, 0.717) is 29.3 Å². The normalized spacial score (nSPS) is 26.7. The summed E-state index contributed by atoms with van der Waals surface area (Å²) in [6.45, 7) is 2.06. The van der Waals surface area contributed by atoms with Crippen LogP contribution in [0, 0.1) is 23.7 Å². The van der Waals surface area contributed by atoms with E-state index in [1.807, 2.05) is 6.07 Å². The predicted octanol–water partition coefficient (Wildman–Crippen LogP) is 3.65. The summed E-state index contributed by atoms with van der Waals surface area (Å²) in [5.41, 5.74) is 1.15. The van der Waals surface area contributed by atoms with Gasteiger partial charge < -0.3 is 9.15 Å². The van der Waals surface area contributed by atoms with Gasteiger partial charge in [-0.25, -0.2) is 4.79 Å². The largest absolute Gasteiger partial charge is 0.462 e. The minimum atomic E-state index is -0.395. The highest BCUT2D eigenvalue weighted by Crippen LogP contribution is 2.49. The fraction of sp³-hybridized carbons (Fsp3) is 0.333. The zero-order chi connectivity index (χ0) is 21.5. The second-order valence-corrected chi connectivity index (χ2v) is 8.08. The van der Waals surface area contributed by atoms with Crippen molar-refractivity contribution in [3.63, 3.8) is 0 Å². The van der Waals surface area contributed by atoms with Crippen LogP contribution in [-0.2, 0) is 14.3 Å². The first-order chi connectivity index (χ1) is 15.1. The smallest absolute Gasteiger partial charge is 0.338 e. The maximum absolute atomic E-state index is 12.8. The average Bonchev–Trinajstić information content (AvgIpc) is 3.38. The molecule has 1 aromatic heterocycles. The van der Waals surface area contributed by atoms with Crippen LogP contribution in [0.1, 0.15) is 35.9 Å². The number of imide groups is 1. The molecule has 2 heterocycles. The molecule has 2 fully saturated rings. The van der Waals surface area contributed by atoms with Crippen molar-refractivity contribution in [1.82, 2.24) is 5.01 Å². The lowest BCUT2D eigenvalue weighted by Crippen LogP contribution is -2.38. The van der Waals surface area contributed by atoms with Gasteiger partial charge in [-0.15, -0.1) is 0 Å². The van der Waals surface area contributed by atoms with Crippen molar-refractivity contribution in [3.05, 3.63) is 59.9 Å². The number of hydrogen-bond acceptors (Lipinski definition) is 6. The van der Waals surface area contributed by atoms with Gasteiger partial charge in [0.25, 0.3) is 11.8 Å². The highest BCUT2D eigenvalue weighted by atomic mass is 16.5. The van der Waals surface area contributed by atoms with Gasteiger partial charge in [0.15, 0.2) is 0 Å². The number of hydrogen-bond donors (Lipinski definition) is 0. The Morgan fingerprint density at radius 2 is 1.84 bits per heavy atom. The number of ether oxygens (including phenoxy) is 1. The van der Waals surface area contributed by atoms with Gasteiger partial charge in [0.1, 0.15) is 11.5 Å². The topological polar surface area (TPSA) is 89.2 Å². The van der Waals surface area contributed by atoms with E-state index in [4.69, 9.17) is 9.15 Å². The van der Waals surface area contributed by atoms with Crippen LogP contribution in [0.2, 0.25) is 0 Å². The molecule has 4 aliphatic rings. The van der Waals surface area contributed by atoms with Crippen LogP contribution in [0.25, 0.3) is 11.3 Å². The molecule has 158 valence electrons. The van der Waals surface area contributed by atoms with Crippen molar-refractivity contribution in [2.45, 2.75) is 19.8 Å². The second-order valence-electron chi connectivity index (χ2n) is 8.08. The van der Waals surface area contributed by atoms with Crippen molar-refractivity contribution in [1.29, 1.82) is 0 Å². The number of allylic oxidation sites excluding steroid dienone is 2. The van der Waals surface area contributed by atoms with Crippen LogP contribution in [0.3, 0.4) is 0 Å². The predicted molar refractivity (Wildman–Crippen MR) is 112 cm³/mol. The third kappa shape index (κ3) is 3.30. The molecule has 1 aromatic carbocycles. The van der Waals surface area contributed by atoms with Gasteiger partial charge in [-0.3, -0.25) is 9.59 Å². The Hall–Kier alpha value is -3.48. The molecule has 0 spiro atoms. The maximum Gasteiger partial charge on any atom is 0.338 e. The van der Waals surface area contributed by atoms with Gasteiger partial charge in [0.05, 0.1) is 30.2 Å². The number of hydrazone groups is 1.